The highest BCUT2D eigenvalue weighted by Gasteiger charge is 2.44. The van der Waals surface area contributed by atoms with Gasteiger partial charge in [-0.15, -0.1) is 11.3 Å². The summed E-state index contributed by atoms with van der Waals surface area (Å²) in [7, 11) is 0. The molecule has 0 atom stereocenters. The molecule has 1 aromatic rings. The third-order valence-electron chi connectivity index (χ3n) is 4.48. The van der Waals surface area contributed by atoms with Crippen LogP contribution in [0, 0.1) is 12.3 Å². The van der Waals surface area contributed by atoms with Crippen molar-refractivity contribution in [2.45, 2.75) is 38.9 Å². The van der Waals surface area contributed by atoms with E-state index in [2.05, 4.69) is 20.6 Å². The Hall–Kier alpha value is -1.68. The largest absolute Gasteiger partial charge is 0.490 e. The second-order valence-electron chi connectivity index (χ2n) is 6.22. The molecule has 0 saturated carbocycles. The van der Waals surface area contributed by atoms with Gasteiger partial charge in [-0.2, -0.15) is 13.2 Å². The Kier molecular flexibility index (Phi) is 6.04. The number of hydrogen-bond acceptors (Lipinski definition) is 5. The molecule has 0 radical (unpaired) electrons. The van der Waals surface area contributed by atoms with Crippen LogP contribution in [0.4, 0.5) is 13.2 Å². The number of nitrogens with zero attached hydrogens (tertiary/aromatic N) is 2. The average molecular weight is 379 g/mol. The van der Waals surface area contributed by atoms with Crippen molar-refractivity contribution in [2.75, 3.05) is 19.6 Å². The number of thiazole rings is 1. The van der Waals surface area contributed by atoms with E-state index < -0.39 is 12.1 Å². The molecule has 2 aliphatic heterocycles. The number of likely N-dealkylation sites (tertiary alicyclic amines) is 1. The fourth-order valence-electron chi connectivity index (χ4n) is 3.04. The molecular formula is C15H20F3N3O3S. The Morgan fingerprint density at radius 2 is 2.00 bits per heavy atom. The number of carbonyl (C=O) groups excluding carboxylic acids is 1. The third kappa shape index (κ3) is 5.15. The van der Waals surface area contributed by atoms with Crippen molar-refractivity contribution >= 4 is 23.2 Å². The summed E-state index contributed by atoms with van der Waals surface area (Å²) in [6.07, 6.45) is -2.06. The number of hydrogen-bond donors (Lipinski definition) is 2. The molecule has 3 rings (SSSR count). The predicted octanol–water partition coefficient (Wildman–Crippen LogP) is 2.19. The van der Waals surface area contributed by atoms with Crippen LogP contribution < -0.4 is 5.32 Å². The molecule has 0 bridgehead atoms. The Morgan fingerprint density at radius 1 is 1.40 bits per heavy atom. The highest BCUT2D eigenvalue weighted by molar-refractivity contribution is 7.09. The molecule has 3 heterocycles. The van der Waals surface area contributed by atoms with Crippen LogP contribution in [0.3, 0.4) is 0 Å². The minimum absolute atomic E-state index is 0.0471. The number of alkyl halides is 3. The van der Waals surface area contributed by atoms with Gasteiger partial charge in [-0.05, 0) is 39.3 Å². The summed E-state index contributed by atoms with van der Waals surface area (Å²) in [6.45, 7) is 5.88. The normalized spacial score (nSPS) is 20.1. The minimum atomic E-state index is -5.08. The minimum Gasteiger partial charge on any atom is -0.475 e. The van der Waals surface area contributed by atoms with Crippen LogP contribution in [0.15, 0.2) is 5.38 Å². The summed E-state index contributed by atoms with van der Waals surface area (Å²) in [5, 5.41) is 13.4. The van der Waals surface area contributed by atoms with Crippen LogP contribution in [-0.2, 0) is 16.1 Å². The first-order chi connectivity index (χ1) is 11.6. The van der Waals surface area contributed by atoms with E-state index in [4.69, 9.17) is 9.90 Å². The highest BCUT2D eigenvalue weighted by atomic mass is 32.1. The lowest BCUT2D eigenvalue weighted by Crippen LogP contribution is -2.43. The van der Waals surface area contributed by atoms with Gasteiger partial charge in [0, 0.05) is 18.5 Å². The van der Waals surface area contributed by atoms with Gasteiger partial charge in [-0.1, -0.05) is 0 Å². The number of carbonyl (C=O) groups is 2. The second kappa shape index (κ2) is 7.69. The SMILES string of the molecule is Cc1nc(CN2CCC3(CCNC3=O)CC2)cs1.O=C(O)C(F)(F)F. The van der Waals surface area contributed by atoms with Gasteiger partial charge in [0.15, 0.2) is 0 Å². The first-order valence-electron chi connectivity index (χ1n) is 7.84. The van der Waals surface area contributed by atoms with Crippen molar-refractivity contribution in [3.05, 3.63) is 16.1 Å². The summed E-state index contributed by atoms with van der Waals surface area (Å²) >= 11 is 1.71. The number of aromatic nitrogens is 1. The van der Waals surface area contributed by atoms with Crippen LogP contribution >= 0.6 is 11.3 Å². The van der Waals surface area contributed by atoms with Gasteiger partial charge < -0.3 is 10.4 Å². The summed E-state index contributed by atoms with van der Waals surface area (Å²) in [4.78, 5) is 27.7. The van der Waals surface area contributed by atoms with Gasteiger partial charge in [0.2, 0.25) is 5.91 Å². The van der Waals surface area contributed by atoms with E-state index in [1.165, 1.54) is 5.69 Å². The van der Waals surface area contributed by atoms with Crippen molar-refractivity contribution in [3.63, 3.8) is 0 Å². The summed E-state index contributed by atoms with van der Waals surface area (Å²) in [5.74, 6) is -2.47. The van der Waals surface area contributed by atoms with Crippen molar-refractivity contribution in [1.29, 1.82) is 0 Å². The van der Waals surface area contributed by atoms with E-state index in [9.17, 15) is 18.0 Å². The highest BCUT2D eigenvalue weighted by Crippen LogP contribution is 2.38. The van der Waals surface area contributed by atoms with E-state index in [0.29, 0.717) is 0 Å². The Labute approximate surface area is 147 Å². The monoisotopic (exact) mass is 379 g/mol. The molecule has 1 amide bonds. The number of aryl methyl sites for hydroxylation is 1. The van der Waals surface area contributed by atoms with Crippen molar-refractivity contribution in [3.8, 4) is 0 Å². The number of piperidine rings is 1. The lowest BCUT2D eigenvalue weighted by molar-refractivity contribution is -0.192. The van der Waals surface area contributed by atoms with Gasteiger partial charge in [-0.25, -0.2) is 9.78 Å². The molecule has 2 fully saturated rings. The smallest absolute Gasteiger partial charge is 0.475 e. The molecule has 1 aromatic heterocycles. The summed E-state index contributed by atoms with van der Waals surface area (Å²) < 4.78 is 31.7. The second-order valence-corrected chi connectivity index (χ2v) is 7.29. The zero-order valence-corrected chi connectivity index (χ0v) is 14.5. The Morgan fingerprint density at radius 3 is 2.40 bits per heavy atom. The van der Waals surface area contributed by atoms with E-state index in [-0.39, 0.29) is 11.3 Å². The van der Waals surface area contributed by atoms with E-state index in [1.807, 2.05) is 6.92 Å². The maximum atomic E-state index is 11.9. The first-order valence-corrected chi connectivity index (χ1v) is 8.72. The number of nitrogens with one attached hydrogen (secondary N) is 1. The third-order valence-corrected chi connectivity index (χ3v) is 5.30. The quantitative estimate of drug-likeness (QED) is 0.823. The molecule has 2 saturated heterocycles. The van der Waals surface area contributed by atoms with Crippen LogP contribution in [-0.4, -0.2) is 52.7 Å². The lowest BCUT2D eigenvalue weighted by Gasteiger charge is -2.37. The number of halogens is 3. The van der Waals surface area contributed by atoms with Crippen LogP contribution in [0.5, 0.6) is 0 Å². The molecule has 2 aliphatic rings. The molecule has 140 valence electrons. The molecule has 6 nitrogen and oxygen atoms in total. The predicted molar refractivity (Wildman–Crippen MR) is 85.1 cm³/mol. The first kappa shape index (κ1) is 19.6. The number of carboxylic acids is 1. The van der Waals surface area contributed by atoms with Crippen LogP contribution in [0.2, 0.25) is 0 Å². The standard InChI is InChI=1S/C13H19N3OS.C2HF3O2/c1-10-15-11(9-18-10)8-16-6-3-13(4-7-16)2-5-14-12(13)17;3-2(4,5)1(6)7/h9H,2-8H2,1H3,(H,14,17);(H,6,7). The fraction of sp³-hybridized carbons (Fsp3) is 0.667. The van der Waals surface area contributed by atoms with Gasteiger partial charge in [0.1, 0.15) is 0 Å². The number of carboxylic acid groups (broad SMARTS) is 1. The Balaban J connectivity index is 0.000000277. The zero-order chi connectivity index (χ0) is 18.7. The van der Waals surface area contributed by atoms with Crippen molar-refractivity contribution in [2.24, 2.45) is 5.41 Å². The van der Waals surface area contributed by atoms with Crippen molar-refractivity contribution in [1.82, 2.24) is 15.2 Å². The molecule has 0 unspecified atom stereocenters. The van der Waals surface area contributed by atoms with Crippen LogP contribution in [0.1, 0.15) is 30.0 Å². The van der Waals surface area contributed by atoms with Gasteiger partial charge in [0.25, 0.3) is 0 Å². The van der Waals surface area contributed by atoms with Crippen molar-refractivity contribution < 1.29 is 27.9 Å². The van der Waals surface area contributed by atoms with E-state index >= 15 is 0 Å². The lowest BCUT2D eigenvalue weighted by atomic mass is 9.77. The van der Waals surface area contributed by atoms with E-state index in [1.54, 1.807) is 11.3 Å². The summed E-state index contributed by atoms with van der Waals surface area (Å²) in [6, 6.07) is 0. The topological polar surface area (TPSA) is 82.5 Å². The molecule has 0 aromatic carbocycles. The average Bonchev–Trinajstić information content (AvgIpc) is 3.08. The molecule has 25 heavy (non-hydrogen) atoms. The number of aliphatic carboxylic acids is 1. The molecule has 2 N–H and O–H groups in total. The number of amides is 1. The zero-order valence-electron chi connectivity index (χ0n) is 13.7. The number of rotatable bonds is 2. The van der Waals surface area contributed by atoms with Gasteiger partial charge >= 0.3 is 12.1 Å². The molecular weight excluding hydrogens is 359 g/mol. The fourth-order valence-corrected chi connectivity index (χ4v) is 3.65. The Bertz CT molecular complexity index is 625. The summed E-state index contributed by atoms with van der Waals surface area (Å²) in [5.41, 5.74) is 1.12. The van der Waals surface area contributed by atoms with Gasteiger partial charge in [0.05, 0.1) is 16.1 Å². The van der Waals surface area contributed by atoms with Crippen LogP contribution in [0.25, 0.3) is 0 Å². The maximum Gasteiger partial charge on any atom is 0.490 e. The maximum absolute atomic E-state index is 11.9. The molecule has 0 aliphatic carbocycles. The molecule has 1 spiro atoms. The van der Waals surface area contributed by atoms with Gasteiger partial charge in [-0.3, -0.25) is 9.69 Å². The van der Waals surface area contributed by atoms with E-state index in [0.717, 1.165) is 50.4 Å². The molecule has 10 heteroatoms.